The predicted molar refractivity (Wildman–Crippen MR) is 99.9 cm³/mol. The molecule has 6 heteroatoms. The number of aromatic nitrogens is 3. The molecule has 0 spiro atoms. The van der Waals surface area contributed by atoms with Crippen molar-refractivity contribution in [2.45, 2.75) is 25.8 Å². The quantitative estimate of drug-likeness (QED) is 0.853. The largest absolute Gasteiger partial charge is 0.356 e. The molecule has 2 aromatic heterocycles. The Morgan fingerprint density at radius 1 is 0.840 bits per heavy atom. The number of rotatable bonds is 4. The molecule has 2 aliphatic rings. The Kier molecular flexibility index (Phi) is 4.78. The maximum Gasteiger partial charge on any atom is 0.134 e. The Morgan fingerprint density at radius 3 is 2.16 bits per heavy atom. The Hall–Kier alpha value is -2.21. The van der Waals surface area contributed by atoms with E-state index in [2.05, 4.69) is 54.8 Å². The molecule has 6 nitrogen and oxygen atoms in total. The van der Waals surface area contributed by atoms with Gasteiger partial charge in [-0.1, -0.05) is 6.07 Å². The van der Waals surface area contributed by atoms with E-state index in [0.717, 1.165) is 56.6 Å². The van der Waals surface area contributed by atoms with E-state index in [1.165, 1.54) is 12.8 Å². The molecule has 4 rings (SSSR count). The molecule has 1 atom stereocenters. The third-order valence-corrected chi connectivity index (χ3v) is 5.37. The van der Waals surface area contributed by atoms with Gasteiger partial charge in [0.15, 0.2) is 0 Å². The molecule has 2 fully saturated rings. The summed E-state index contributed by atoms with van der Waals surface area (Å²) < 4.78 is 0. The Balaban J connectivity index is 1.39. The van der Waals surface area contributed by atoms with Crippen molar-refractivity contribution in [2.24, 2.45) is 0 Å². The van der Waals surface area contributed by atoms with Crippen LogP contribution in [0, 0.1) is 0 Å². The van der Waals surface area contributed by atoms with Crippen LogP contribution in [0.3, 0.4) is 0 Å². The number of piperazine rings is 1. The van der Waals surface area contributed by atoms with Crippen LogP contribution in [0.15, 0.2) is 36.8 Å². The minimum atomic E-state index is 0.355. The summed E-state index contributed by atoms with van der Waals surface area (Å²) in [5.74, 6) is 2.13. The van der Waals surface area contributed by atoms with Crippen molar-refractivity contribution in [1.29, 1.82) is 0 Å². The van der Waals surface area contributed by atoms with Gasteiger partial charge < -0.3 is 9.80 Å². The third-order valence-electron chi connectivity index (χ3n) is 5.37. The van der Waals surface area contributed by atoms with Crippen LogP contribution in [0.4, 0.5) is 11.6 Å². The Labute approximate surface area is 149 Å². The van der Waals surface area contributed by atoms with Crippen LogP contribution in [-0.2, 0) is 0 Å². The highest BCUT2D eigenvalue weighted by atomic mass is 15.3. The van der Waals surface area contributed by atoms with Crippen molar-refractivity contribution in [3.8, 4) is 0 Å². The fourth-order valence-electron chi connectivity index (χ4n) is 3.78. The van der Waals surface area contributed by atoms with E-state index < -0.39 is 0 Å². The first-order valence-corrected chi connectivity index (χ1v) is 9.28. The molecule has 1 unspecified atom stereocenters. The molecule has 0 bridgehead atoms. The van der Waals surface area contributed by atoms with Gasteiger partial charge in [-0.25, -0.2) is 9.97 Å². The van der Waals surface area contributed by atoms with Gasteiger partial charge in [0, 0.05) is 57.6 Å². The average Bonchev–Trinajstić information content (AvgIpc) is 3.23. The van der Waals surface area contributed by atoms with Gasteiger partial charge in [0.1, 0.15) is 18.0 Å². The molecule has 0 radical (unpaired) electrons. The highest BCUT2D eigenvalue weighted by molar-refractivity contribution is 5.50. The van der Waals surface area contributed by atoms with Crippen molar-refractivity contribution >= 4 is 11.6 Å². The molecule has 0 aliphatic carbocycles. The summed E-state index contributed by atoms with van der Waals surface area (Å²) in [5, 5.41) is 0. The predicted octanol–water partition coefficient (Wildman–Crippen LogP) is 2.36. The molecule has 0 N–H and O–H groups in total. The second-order valence-corrected chi connectivity index (χ2v) is 6.88. The fraction of sp³-hybridized carbons (Fsp3) is 0.526. The number of anilines is 2. The standard InChI is InChI=1S/C19H26N6/c1-16(17-6-2-3-7-20-17)23-10-12-25(13-11-23)19-14-18(21-15-22-19)24-8-4-5-9-24/h2-3,6-7,14-16H,4-5,8-13H2,1H3. The zero-order valence-corrected chi connectivity index (χ0v) is 14.9. The molecule has 2 aliphatic heterocycles. The average molecular weight is 338 g/mol. The molecule has 25 heavy (non-hydrogen) atoms. The van der Waals surface area contributed by atoms with Gasteiger partial charge >= 0.3 is 0 Å². The van der Waals surface area contributed by atoms with E-state index in [4.69, 9.17) is 0 Å². The lowest BCUT2D eigenvalue weighted by Crippen LogP contribution is -2.47. The maximum atomic E-state index is 4.52. The maximum absolute atomic E-state index is 4.52. The molecule has 0 aromatic carbocycles. The van der Waals surface area contributed by atoms with Gasteiger partial charge in [-0.3, -0.25) is 9.88 Å². The minimum absolute atomic E-state index is 0.355. The number of nitrogens with zero attached hydrogens (tertiary/aromatic N) is 6. The van der Waals surface area contributed by atoms with Gasteiger partial charge in [0.25, 0.3) is 0 Å². The highest BCUT2D eigenvalue weighted by Gasteiger charge is 2.24. The zero-order valence-electron chi connectivity index (χ0n) is 14.9. The van der Waals surface area contributed by atoms with E-state index in [1.807, 2.05) is 12.3 Å². The second-order valence-electron chi connectivity index (χ2n) is 6.88. The lowest BCUT2D eigenvalue weighted by Gasteiger charge is -2.38. The molecule has 0 saturated carbocycles. The first-order valence-electron chi connectivity index (χ1n) is 9.28. The van der Waals surface area contributed by atoms with Crippen LogP contribution >= 0.6 is 0 Å². The van der Waals surface area contributed by atoms with Crippen molar-refractivity contribution in [1.82, 2.24) is 19.9 Å². The van der Waals surface area contributed by atoms with Crippen molar-refractivity contribution in [3.63, 3.8) is 0 Å². The normalized spacial score (nSPS) is 20.0. The van der Waals surface area contributed by atoms with Crippen molar-refractivity contribution < 1.29 is 0 Å². The van der Waals surface area contributed by atoms with Crippen LogP contribution in [-0.4, -0.2) is 59.1 Å². The lowest BCUT2D eigenvalue weighted by molar-refractivity contribution is 0.195. The van der Waals surface area contributed by atoms with Gasteiger partial charge in [-0.2, -0.15) is 0 Å². The number of hydrogen-bond acceptors (Lipinski definition) is 6. The summed E-state index contributed by atoms with van der Waals surface area (Å²) in [6.45, 7) is 8.52. The molecular formula is C19H26N6. The topological polar surface area (TPSA) is 48.4 Å². The summed E-state index contributed by atoms with van der Waals surface area (Å²) in [5.41, 5.74) is 1.15. The molecule has 4 heterocycles. The third kappa shape index (κ3) is 3.58. The summed E-state index contributed by atoms with van der Waals surface area (Å²) >= 11 is 0. The second kappa shape index (κ2) is 7.35. The van der Waals surface area contributed by atoms with E-state index in [9.17, 15) is 0 Å². The van der Waals surface area contributed by atoms with Gasteiger partial charge in [-0.05, 0) is 31.9 Å². The monoisotopic (exact) mass is 338 g/mol. The van der Waals surface area contributed by atoms with Gasteiger partial charge in [-0.15, -0.1) is 0 Å². The van der Waals surface area contributed by atoms with E-state index in [-0.39, 0.29) is 0 Å². The molecule has 2 aromatic rings. The highest BCUT2D eigenvalue weighted by Crippen LogP contribution is 2.24. The number of pyridine rings is 1. The van der Waals surface area contributed by atoms with Crippen LogP contribution in [0.2, 0.25) is 0 Å². The van der Waals surface area contributed by atoms with E-state index in [1.54, 1.807) is 6.33 Å². The molecular weight excluding hydrogens is 312 g/mol. The van der Waals surface area contributed by atoms with Gasteiger partial charge in [0.2, 0.25) is 0 Å². The van der Waals surface area contributed by atoms with E-state index in [0.29, 0.717) is 6.04 Å². The Bertz CT molecular complexity index is 677. The van der Waals surface area contributed by atoms with E-state index >= 15 is 0 Å². The summed E-state index contributed by atoms with van der Waals surface area (Å²) in [6, 6.07) is 8.67. The SMILES string of the molecule is CC(c1ccccn1)N1CCN(c2cc(N3CCCC3)ncn2)CC1. The molecule has 132 valence electrons. The summed E-state index contributed by atoms with van der Waals surface area (Å²) in [6.07, 6.45) is 6.13. The minimum Gasteiger partial charge on any atom is -0.356 e. The van der Waals surface area contributed by atoms with Crippen LogP contribution < -0.4 is 9.80 Å². The zero-order chi connectivity index (χ0) is 17.1. The molecule has 2 saturated heterocycles. The lowest BCUT2D eigenvalue weighted by atomic mass is 10.1. The van der Waals surface area contributed by atoms with Crippen molar-refractivity contribution in [3.05, 3.63) is 42.5 Å². The van der Waals surface area contributed by atoms with Crippen LogP contribution in [0.5, 0.6) is 0 Å². The van der Waals surface area contributed by atoms with Crippen LogP contribution in [0.25, 0.3) is 0 Å². The van der Waals surface area contributed by atoms with Crippen LogP contribution in [0.1, 0.15) is 31.5 Å². The van der Waals surface area contributed by atoms with Crippen molar-refractivity contribution in [2.75, 3.05) is 49.1 Å². The van der Waals surface area contributed by atoms with Gasteiger partial charge in [0.05, 0.1) is 5.69 Å². The first kappa shape index (κ1) is 16.3. The smallest absolute Gasteiger partial charge is 0.134 e. The fourth-order valence-corrected chi connectivity index (χ4v) is 3.78. The summed E-state index contributed by atoms with van der Waals surface area (Å²) in [4.78, 5) is 20.7. The first-order chi connectivity index (χ1) is 12.3. The molecule has 0 amide bonds. The Morgan fingerprint density at radius 2 is 1.52 bits per heavy atom. The summed E-state index contributed by atoms with van der Waals surface area (Å²) in [7, 11) is 0. The number of hydrogen-bond donors (Lipinski definition) is 0.